The van der Waals surface area contributed by atoms with Crippen molar-refractivity contribution >= 4 is 63.2 Å². The van der Waals surface area contributed by atoms with Gasteiger partial charge in [-0.25, -0.2) is 9.97 Å². The van der Waals surface area contributed by atoms with E-state index in [0.29, 0.717) is 20.8 Å². The molecule has 4 rings (SSSR count). The van der Waals surface area contributed by atoms with Crippen LogP contribution in [-0.4, -0.2) is 63.3 Å². The van der Waals surface area contributed by atoms with Gasteiger partial charge in [0.25, 0.3) is 0 Å². The fourth-order valence-electron chi connectivity index (χ4n) is 3.33. The standard InChI is InChI=1S/C18H18Cl3N7O/c1-26-17-11(8-24-26)18(23-10-22-17)28-4-2-27(3-5-28)9-16(29)25-15-7-13(20)12(19)6-14(15)21/h6-8,10H,2-5,9H2,1H3,(H,25,29). The number of carbonyl (C=O) groups excluding carboxylic acids is 1. The van der Waals surface area contributed by atoms with Crippen LogP contribution in [0.25, 0.3) is 11.0 Å². The predicted octanol–water partition coefficient (Wildman–Crippen LogP) is 3.08. The Morgan fingerprint density at radius 1 is 1.07 bits per heavy atom. The minimum absolute atomic E-state index is 0.157. The molecule has 1 aliphatic heterocycles. The van der Waals surface area contributed by atoms with Crippen molar-refractivity contribution in [3.05, 3.63) is 39.7 Å². The van der Waals surface area contributed by atoms with E-state index in [1.807, 2.05) is 7.05 Å². The molecule has 0 spiro atoms. The van der Waals surface area contributed by atoms with E-state index in [0.717, 1.165) is 43.0 Å². The number of hydrogen-bond acceptors (Lipinski definition) is 6. The molecule has 0 radical (unpaired) electrons. The molecule has 8 nitrogen and oxygen atoms in total. The number of carbonyl (C=O) groups is 1. The number of fused-ring (bicyclic) bond motifs is 1. The van der Waals surface area contributed by atoms with Crippen molar-refractivity contribution in [2.24, 2.45) is 7.05 Å². The van der Waals surface area contributed by atoms with Crippen molar-refractivity contribution in [3.63, 3.8) is 0 Å². The van der Waals surface area contributed by atoms with Crippen LogP contribution in [0.4, 0.5) is 11.5 Å². The molecular formula is C18H18Cl3N7O. The number of nitrogens with zero attached hydrogens (tertiary/aromatic N) is 6. The summed E-state index contributed by atoms with van der Waals surface area (Å²) in [5, 5.41) is 9.01. The molecule has 0 aliphatic carbocycles. The zero-order valence-corrected chi connectivity index (χ0v) is 17.8. The normalized spacial score (nSPS) is 15.1. The highest BCUT2D eigenvalue weighted by atomic mass is 35.5. The van der Waals surface area contributed by atoms with Gasteiger partial charge < -0.3 is 10.2 Å². The van der Waals surface area contributed by atoms with Gasteiger partial charge in [0.1, 0.15) is 12.1 Å². The van der Waals surface area contributed by atoms with Crippen molar-refractivity contribution in [2.45, 2.75) is 0 Å². The van der Waals surface area contributed by atoms with E-state index >= 15 is 0 Å². The molecule has 1 fully saturated rings. The minimum atomic E-state index is -0.157. The number of aryl methyl sites for hydroxylation is 1. The fourth-order valence-corrected chi connectivity index (χ4v) is 3.92. The average molecular weight is 455 g/mol. The Hall–Kier alpha value is -2.13. The zero-order chi connectivity index (χ0) is 20.5. The van der Waals surface area contributed by atoms with Crippen molar-refractivity contribution in [1.29, 1.82) is 0 Å². The lowest BCUT2D eigenvalue weighted by molar-refractivity contribution is -0.117. The molecule has 29 heavy (non-hydrogen) atoms. The first-order valence-electron chi connectivity index (χ1n) is 8.97. The van der Waals surface area contributed by atoms with Crippen LogP contribution in [-0.2, 0) is 11.8 Å². The molecule has 2 aromatic heterocycles. The highest BCUT2D eigenvalue weighted by Crippen LogP contribution is 2.32. The van der Waals surface area contributed by atoms with Gasteiger partial charge in [-0.1, -0.05) is 34.8 Å². The zero-order valence-electron chi connectivity index (χ0n) is 15.6. The SMILES string of the molecule is Cn1ncc2c(N3CCN(CC(=O)Nc4cc(Cl)c(Cl)cc4Cl)CC3)ncnc21. The van der Waals surface area contributed by atoms with E-state index in [9.17, 15) is 4.79 Å². The van der Waals surface area contributed by atoms with E-state index in [1.165, 1.54) is 6.07 Å². The van der Waals surface area contributed by atoms with Crippen LogP contribution in [0.3, 0.4) is 0 Å². The van der Waals surface area contributed by atoms with E-state index in [4.69, 9.17) is 34.8 Å². The summed E-state index contributed by atoms with van der Waals surface area (Å²) in [5.41, 5.74) is 1.25. The molecule has 1 aliphatic rings. The lowest BCUT2D eigenvalue weighted by atomic mass is 10.2. The smallest absolute Gasteiger partial charge is 0.238 e. The number of benzene rings is 1. The second-order valence-electron chi connectivity index (χ2n) is 6.76. The second-order valence-corrected chi connectivity index (χ2v) is 7.98. The number of nitrogens with one attached hydrogen (secondary N) is 1. The lowest BCUT2D eigenvalue weighted by Crippen LogP contribution is -2.49. The van der Waals surface area contributed by atoms with E-state index < -0.39 is 0 Å². The number of piperazine rings is 1. The Balaban J connectivity index is 1.36. The van der Waals surface area contributed by atoms with Crippen LogP contribution in [0.1, 0.15) is 0 Å². The van der Waals surface area contributed by atoms with Gasteiger partial charge in [0, 0.05) is 33.2 Å². The van der Waals surface area contributed by atoms with Crippen LogP contribution in [0, 0.1) is 0 Å². The number of amides is 1. The summed E-state index contributed by atoms with van der Waals surface area (Å²) in [4.78, 5) is 25.4. The Bertz CT molecular complexity index is 1060. The molecule has 1 amide bonds. The van der Waals surface area contributed by atoms with Crippen molar-refractivity contribution < 1.29 is 4.79 Å². The van der Waals surface area contributed by atoms with Gasteiger partial charge in [-0.3, -0.25) is 14.4 Å². The molecule has 152 valence electrons. The van der Waals surface area contributed by atoms with Crippen LogP contribution >= 0.6 is 34.8 Å². The molecule has 0 bridgehead atoms. The summed E-state index contributed by atoms with van der Waals surface area (Å²) in [5.74, 6) is 0.713. The predicted molar refractivity (Wildman–Crippen MR) is 115 cm³/mol. The van der Waals surface area contributed by atoms with Gasteiger partial charge in [0.15, 0.2) is 5.65 Å². The van der Waals surface area contributed by atoms with Gasteiger partial charge >= 0.3 is 0 Å². The second kappa shape index (κ2) is 8.31. The molecule has 0 atom stereocenters. The summed E-state index contributed by atoms with van der Waals surface area (Å²) in [7, 11) is 1.86. The monoisotopic (exact) mass is 453 g/mol. The van der Waals surface area contributed by atoms with Crippen LogP contribution in [0.2, 0.25) is 15.1 Å². The lowest BCUT2D eigenvalue weighted by Gasteiger charge is -2.35. The van der Waals surface area contributed by atoms with Crippen LogP contribution in [0.5, 0.6) is 0 Å². The Morgan fingerprint density at radius 3 is 2.55 bits per heavy atom. The topological polar surface area (TPSA) is 79.2 Å². The van der Waals surface area contributed by atoms with Crippen molar-refractivity contribution in [1.82, 2.24) is 24.6 Å². The third-order valence-corrected chi connectivity index (χ3v) is 5.87. The first-order valence-corrected chi connectivity index (χ1v) is 10.1. The van der Waals surface area contributed by atoms with E-state index in [2.05, 4.69) is 30.2 Å². The largest absolute Gasteiger partial charge is 0.353 e. The molecule has 11 heteroatoms. The summed E-state index contributed by atoms with van der Waals surface area (Å²) < 4.78 is 1.73. The maximum Gasteiger partial charge on any atom is 0.238 e. The molecule has 0 saturated carbocycles. The molecule has 1 N–H and O–H groups in total. The summed E-state index contributed by atoms with van der Waals surface area (Å²) >= 11 is 18.1. The maximum absolute atomic E-state index is 12.4. The highest BCUT2D eigenvalue weighted by Gasteiger charge is 2.22. The number of rotatable bonds is 4. The molecule has 3 aromatic rings. The molecule has 1 saturated heterocycles. The molecule has 3 heterocycles. The molecule has 0 unspecified atom stereocenters. The van der Waals surface area contributed by atoms with E-state index in [-0.39, 0.29) is 12.5 Å². The summed E-state index contributed by atoms with van der Waals surface area (Å²) in [6, 6.07) is 3.07. The third-order valence-electron chi connectivity index (χ3n) is 4.83. The van der Waals surface area contributed by atoms with Gasteiger partial charge in [0.2, 0.25) is 5.91 Å². The van der Waals surface area contributed by atoms with Gasteiger partial charge in [0.05, 0.1) is 38.9 Å². The minimum Gasteiger partial charge on any atom is -0.353 e. The molecule has 1 aromatic carbocycles. The van der Waals surface area contributed by atoms with Crippen molar-refractivity contribution in [3.8, 4) is 0 Å². The Kier molecular flexibility index (Phi) is 5.78. The number of aromatic nitrogens is 4. The third kappa shape index (κ3) is 4.25. The quantitative estimate of drug-likeness (QED) is 0.610. The molecular weight excluding hydrogens is 437 g/mol. The number of anilines is 2. The van der Waals surface area contributed by atoms with Crippen molar-refractivity contribution in [2.75, 3.05) is 42.9 Å². The average Bonchev–Trinajstić information content (AvgIpc) is 3.08. The highest BCUT2D eigenvalue weighted by molar-refractivity contribution is 6.44. The van der Waals surface area contributed by atoms with E-state index in [1.54, 1.807) is 23.3 Å². The maximum atomic E-state index is 12.4. The Morgan fingerprint density at radius 2 is 1.79 bits per heavy atom. The first-order chi connectivity index (χ1) is 13.9. The number of halogens is 3. The van der Waals surface area contributed by atoms with Crippen LogP contribution in [0.15, 0.2) is 24.7 Å². The van der Waals surface area contributed by atoms with Gasteiger partial charge in [-0.15, -0.1) is 0 Å². The fraction of sp³-hybridized carbons (Fsp3) is 0.333. The summed E-state index contributed by atoms with van der Waals surface area (Å²) in [6.45, 7) is 3.22. The van der Waals surface area contributed by atoms with Crippen LogP contribution < -0.4 is 10.2 Å². The van der Waals surface area contributed by atoms with Gasteiger partial charge in [-0.05, 0) is 12.1 Å². The Labute approximate surface area is 182 Å². The summed E-state index contributed by atoms with van der Waals surface area (Å²) in [6.07, 6.45) is 3.34. The van der Waals surface area contributed by atoms with Gasteiger partial charge in [-0.2, -0.15) is 5.10 Å². The first kappa shape index (κ1) is 20.2. The number of hydrogen-bond donors (Lipinski definition) is 1.